The van der Waals surface area contributed by atoms with Gasteiger partial charge < -0.3 is 9.88 Å². The summed E-state index contributed by atoms with van der Waals surface area (Å²) in [7, 11) is 2.11. The standard InChI is InChI=1S/C10H17N3S/c1-13-9(7-12-10(13)14-2)8-4-3-5-11-6-8/h7-8,11H,3-6H2,1-2H3. The van der Waals surface area contributed by atoms with E-state index in [9.17, 15) is 0 Å². The topological polar surface area (TPSA) is 29.9 Å². The lowest BCUT2D eigenvalue weighted by molar-refractivity contribution is 0.444. The maximum atomic E-state index is 4.41. The van der Waals surface area contributed by atoms with E-state index in [-0.39, 0.29) is 0 Å². The second-order valence-corrected chi connectivity index (χ2v) is 4.55. The summed E-state index contributed by atoms with van der Waals surface area (Å²) in [6.45, 7) is 2.27. The maximum Gasteiger partial charge on any atom is 0.167 e. The molecule has 78 valence electrons. The van der Waals surface area contributed by atoms with Gasteiger partial charge in [0, 0.05) is 31.4 Å². The first-order valence-electron chi connectivity index (χ1n) is 5.09. The first kappa shape index (κ1) is 10.1. The highest BCUT2D eigenvalue weighted by Gasteiger charge is 2.19. The normalized spacial score (nSPS) is 22.6. The van der Waals surface area contributed by atoms with Gasteiger partial charge in [-0.2, -0.15) is 0 Å². The Labute approximate surface area is 89.3 Å². The SMILES string of the molecule is CSc1ncc(C2CCCNC2)n1C. The van der Waals surface area contributed by atoms with Gasteiger partial charge in [-0.3, -0.25) is 0 Å². The molecular weight excluding hydrogens is 194 g/mol. The molecule has 0 bridgehead atoms. The smallest absolute Gasteiger partial charge is 0.167 e. The third-order valence-corrected chi connectivity index (χ3v) is 3.62. The van der Waals surface area contributed by atoms with Crippen molar-refractivity contribution in [1.82, 2.24) is 14.9 Å². The Morgan fingerprint density at radius 2 is 2.50 bits per heavy atom. The van der Waals surface area contributed by atoms with Crippen LogP contribution in [0.25, 0.3) is 0 Å². The molecule has 1 saturated heterocycles. The number of hydrogen-bond acceptors (Lipinski definition) is 3. The van der Waals surface area contributed by atoms with E-state index in [1.807, 2.05) is 6.20 Å². The first-order chi connectivity index (χ1) is 6.83. The molecule has 0 aliphatic carbocycles. The largest absolute Gasteiger partial charge is 0.326 e. The second kappa shape index (κ2) is 4.36. The number of rotatable bonds is 2. The van der Waals surface area contributed by atoms with Gasteiger partial charge >= 0.3 is 0 Å². The lowest BCUT2D eigenvalue weighted by atomic mass is 9.97. The van der Waals surface area contributed by atoms with Crippen LogP contribution in [0.15, 0.2) is 11.4 Å². The van der Waals surface area contributed by atoms with E-state index < -0.39 is 0 Å². The van der Waals surface area contributed by atoms with E-state index in [0.29, 0.717) is 5.92 Å². The Balaban J connectivity index is 2.18. The minimum absolute atomic E-state index is 0.655. The molecule has 1 aliphatic heterocycles. The molecule has 4 heteroatoms. The first-order valence-corrected chi connectivity index (χ1v) is 6.31. The molecule has 3 nitrogen and oxygen atoms in total. The number of imidazole rings is 1. The third kappa shape index (κ3) is 1.81. The van der Waals surface area contributed by atoms with Crippen molar-refractivity contribution in [2.24, 2.45) is 7.05 Å². The Morgan fingerprint density at radius 1 is 1.64 bits per heavy atom. The van der Waals surface area contributed by atoms with Gasteiger partial charge in [-0.1, -0.05) is 11.8 Å². The van der Waals surface area contributed by atoms with Crippen molar-refractivity contribution in [3.8, 4) is 0 Å². The molecule has 1 unspecified atom stereocenters. The van der Waals surface area contributed by atoms with Crippen molar-refractivity contribution in [2.75, 3.05) is 19.3 Å². The van der Waals surface area contributed by atoms with Crippen molar-refractivity contribution in [3.63, 3.8) is 0 Å². The van der Waals surface area contributed by atoms with Gasteiger partial charge in [-0.25, -0.2) is 4.98 Å². The number of nitrogens with zero attached hydrogens (tertiary/aromatic N) is 2. The van der Waals surface area contributed by atoms with E-state index in [0.717, 1.165) is 11.7 Å². The van der Waals surface area contributed by atoms with Gasteiger partial charge in [0.05, 0.1) is 0 Å². The van der Waals surface area contributed by atoms with E-state index in [1.165, 1.54) is 25.1 Å². The van der Waals surface area contributed by atoms with E-state index >= 15 is 0 Å². The summed E-state index contributed by atoms with van der Waals surface area (Å²) >= 11 is 1.71. The summed E-state index contributed by atoms with van der Waals surface area (Å²) in [6.07, 6.45) is 6.68. The molecule has 1 aromatic rings. The van der Waals surface area contributed by atoms with E-state index in [2.05, 4.69) is 28.2 Å². The number of nitrogens with one attached hydrogen (secondary N) is 1. The molecule has 1 atom stereocenters. The molecule has 1 fully saturated rings. The van der Waals surface area contributed by atoms with Crippen molar-refractivity contribution in [1.29, 1.82) is 0 Å². The van der Waals surface area contributed by atoms with Crippen LogP contribution in [0.1, 0.15) is 24.5 Å². The molecule has 2 heterocycles. The predicted octanol–water partition coefficient (Wildman–Crippen LogP) is 1.61. The Bertz CT molecular complexity index is 302. The highest BCUT2D eigenvalue weighted by molar-refractivity contribution is 7.98. The highest BCUT2D eigenvalue weighted by Crippen LogP contribution is 2.25. The van der Waals surface area contributed by atoms with Gasteiger partial charge in [0.2, 0.25) is 0 Å². The Hall–Kier alpha value is -0.480. The van der Waals surface area contributed by atoms with Gasteiger partial charge in [0.15, 0.2) is 5.16 Å². The molecule has 2 rings (SSSR count). The molecule has 14 heavy (non-hydrogen) atoms. The number of aromatic nitrogens is 2. The van der Waals surface area contributed by atoms with Crippen molar-refractivity contribution >= 4 is 11.8 Å². The molecule has 0 spiro atoms. The second-order valence-electron chi connectivity index (χ2n) is 3.77. The molecular formula is C10H17N3S. The number of thioether (sulfide) groups is 1. The average molecular weight is 211 g/mol. The lowest BCUT2D eigenvalue weighted by Crippen LogP contribution is -2.29. The van der Waals surface area contributed by atoms with Crippen LogP contribution in [0.2, 0.25) is 0 Å². The minimum Gasteiger partial charge on any atom is -0.326 e. The molecule has 0 aromatic carbocycles. The van der Waals surface area contributed by atoms with Crippen LogP contribution in [-0.4, -0.2) is 28.9 Å². The number of hydrogen-bond donors (Lipinski definition) is 1. The summed E-state index contributed by atoms with van der Waals surface area (Å²) in [6, 6.07) is 0. The van der Waals surface area contributed by atoms with E-state index in [1.54, 1.807) is 11.8 Å². The van der Waals surface area contributed by atoms with Crippen molar-refractivity contribution in [3.05, 3.63) is 11.9 Å². The zero-order valence-electron chi connectivity index (χ0n) is 8.79. The van der Waals surface area contributed by atoms with Crippen LogP contribution in [0.3, 0.4) is 0 Å². The zero-order chi connectivity index (χ0) is 9.97. The van der Waals surface area contributed by atoms with Crippen LogP contribution in [0, 0.1) is 0 Å². The van der Waals surface area contributed by atoms with Crippen molar-refractivity contribution in [2.45, 2.75) is 23.9 Å². The summed E-state index contributed by atoms with van der Waals surface area (Å²) in [5, 5.41) is 4.56. The number of piperidine rings is 1. The Morgan fingerprint density at radius 3 is 3.07 bits per heavy atom. The molecule has 1 aromatic heterocycles. The molecule has 1 N–H and O–H groups in total. The molecule has 0 amide bonds. The highest BCUT2D eigenvalue weighted by atomic mass is 32.2. The maximum absolute atomic E-state index is 4.41. The van der Waals surface area contributed by atoms with Crippen molar-refractivity contribution < 1.29 is 0 Å². The van der Waals surface area contributed by atoms with Crippen LogP contribution < -0.4 is 5.32 Å². The summed E-state index contributed by atoms with van der Waals surface area (Å²) < 4.78 is 2.22. The lowest BCUT2D eigenvalue weighted by Gasteiger charge is -2.23. The van der Waals surface area contributed by atoms with Gasteiger partial charge in [0.25, 0.3) is 0 Å². The molecule has 1 aliphatic rings. The minimum atomic E-state index is 0.655. The van der Waals surface area contributed by atoms with Crippen LogP contribution in [0.4, 0.5) is 0 Å². The van der Waals surface area contributed by atoms with Gasteiger partial charge in [-0.15, -0.1) is 0 Å². The quantitative estimate of drug-likeness (QED) is 0.754. The van der Waals surface area contributed by atoms with E-state index in [4.69, 9.17) is 0 Å². The van der Waals surface area contributed by atoms with Gasteiger partial charge in [0.1, 0.15) is 0 Å². The van der Waals surface area contributed by atoms with Gasteiger partial charge in [-0.05, 0) is 25.6 Å². The van der Waals surface area contributed by atoms with Crippen LogP contribution in [-0.2, 0) is 7.05 Å². The third-order valence-electron chi connectivity index (χ3n) is 2.88. The monoisotopic (exact) mass is 211 g/mol. The average Bonchev–Trinajstić information content (AvgIpc) is 2.61. The molecule has 0 saturated carbocycles. The predicted molar refractivity (Wildman–Crippen MR) is 59.8 cm³/mol. The Kier molecular flexibility index (Phi) is 3.13. The van der Waals surface area contributed by atoms with Crippen LogP contribution in [0.5, 0.6) is 0 Å². The summed E-state index contributed by atoms with van der Waals surface area (Å²) in [5.41, 5.74) is 1.38. The van der Waals surface area contributed by atoms with Crippen LogP contribution >= 0.6 is 11.8 Å². The fraction of sp³-hybridized carbons (Fsp3) is 0.700. The summed E-state index contributed by atoms with van der Waals surface area (Å²) in [5.74, 6) is 0.655. The molecule has 0 radical (unpaired) electrons. The fourth-order valence-corrected chi connectivity index (χ4v) is 2.62. The zero-order valence-corrected chi connectivity index (χ0v) is 9.60. The fourth-order valence-electron chi connectivity index (χ4n) is 2.08. The summed E-state index contributed by atoms with van der Waals surface area (Å²) in [4.78, 5) is 4.41.